The molecule has 15 heavy (non-hydrogen) atoms. The van der Waals surface area contributed by atoms with Crippen LogP contribution < -0.4 is 11.2 Å². The van der Waals surface area contributed by atoms with Gasteiger partial charge in [0, 0.05) is 18.3 Å². The van der Waals surface area contributed by atoms with Crippen LogP contribution in [-0.2, 0) is 0 Å². The maximum Gasteiger partial charge on any atom is 0.332 e. The van der Waals surface area contributed by atoms with Gasteiger partial charge in [-0.15, -0.1) is 0 Å². The predicted octanol–water partition coefficient (Wildman–Crippen LogP) is -0.374. The summed E-state index contributed by atoms with van der Waals surface area (Å²) in [5.41, 5.74) is -0.657. The monoisotopic (exact) mass is 205 g/mol. The second-order valence-corrected chi connectivity index (χ2v) is 2.88. The molecule has 2 heterocycles. The first-order valence-corrected chi connectivity index (χ1v) is 4.13. The number of hydrogen-bond acceptors (Lipinski definition) is 4. The summed E-state index contributed by atoms with van der Waals surface area (Å²) in [7, 11) is 0. The highest BCUT2D eigenvalue weighted by Gasteiger charge is 2.00. The summed E-state index contributed by atoms with van der Waals surface area (Å²) in [5, 5.41) is 9.17. The zero-order valence-electron chi connectivity index (χ0n) is 7.54. The van der Waals surface area contributed by atoms with E-state index in [4.69, 9.17) is 0 Å². The average Bonchev–Trinajstić information content (AvgIpc) is 2.17. The van der Waals surface area contributed by atoms with E-state index < -0.39 is 11.2 Å². The van der Waals surface area contributed by atoms with Gasteiger partial charge in [-0.3, -0.25) is 19.3 Å². The Balaban J connectivity index is 2.64. The average molecular weight is 205 g/mol. The number of hydrogen-bond donors (Lipinski definition) is 2. The van der Waals surface area contributed by atoms with Crippen LogP contribution in [0.2, 0.25) is 0 Å². The lowest BCUT2D eigenvalue weighted by Crippen LogP contribution is -2.27. The number of nitrogens with zero attached hydrogens (tertiary/aromatic N) is 2. The molecule has 0 aliphatic rings. The van der Waals surface area contributed by atoms with Crippen molar-refractivity contribution >= 4 is 0 Å². The minimum atomic E-state index is -0.574. The van der Waals surface area contributed by atoms with Crippen molar-refractivity contribution in [1.29, 1.82) is 0 Å². The molecule has 0 saturated carbocycles. The third kappa shape index (κ3) is 1.78. The van der Waals surface area contributed by atoms with Crippen molar-refractivity contribution in [1.82, 2.24) is 14.5 Å². The Kier molecular flexibility index (Phi) is 2.09. The summed E-state index contributed by atoms with van der Waals surface area (Å²) in [6.07, 6.45) is 3.97. The van der Waals surface area contributed by atoms with E-state index in [2.05, 4.69) is 9.97 Å². The van der Waals surface area contributed by atoms with E-state index in [0.717, 1.165) is 0 Å². The summed E-state index contributed by atoms with van der Waals surface area (Å²) in [4.78, 5) is 28.0. The number of aromatic amines is 1. The standard InChI is InChI=1S/C9H7N3O3/c13-7-3-6(4-10-5-7)12-2-1-8(14)11-9(12)15/h1-5,13H,(H,11,14,15). The number of rotatable bonds is 1. The van der Waals surface area contributed by atoms with Gasteiger partial charge in [0.15, 0.2) is 0 Å². The maximum absolute atomic E-state index is 11.3. The molecule has 2 rings (SSSR count). The predicted molar refractivity (Wildman–Crippen MR) is 52.1 cm³/mol. The first kappa shape index (κ1) is 9.20. The zero-order chi connectivity index (χ0) is 10.8. The molecule has 6 nitrogen and oxygen atoms in total. The normalized spacial score (nSPS) is 10.1. The van der Waals surface area contributed by atoms with Gasteiger partial charge in [-0.05, 0) is 0 Å². The number of nitrogens with one attached hydrogen (secondary N) is 1. The fourth-order valence-electron chi connectivity index (χ4n) is 1.17. The quantitative estimate of drug-likeness (QED) is 0.664. The van der Waals surface area contributed by atoms with E-state index in [1.807, 2.05) is 0 Å². The van der Waals surface area contributed by atoms with E-state index in [0.29, 0.717) is 5.69 Å². The Hall–Kier alpha value is -2.37. The Labute approximate surface area is 83.5 Å². The molecule has 0 aliphatic carbocycles. The summed E-state index contributed by atoms with van der Waals surface area (Å²) in [6.45, 7) is 0. The smallest absolute Gasteiger partial charge is 0.332 e. The van der Waals surface area contributed by atoms with Crippen molar-refractivity contribution in [2.75, 3.05) is 0 Å². The van der Waals surface area contributed by atoms with Crippen LogP contribution in [0.15, 0.2) is 40.3 Å². The first-order chi connectivity index (χ1) is 7.16. The Morgan fingerprint density at radius 1 is 1.33 bits per heavy atom. The van der Waals surface area contributed by atoms with E-state index in [9.17, 15) is 14.7 Å². The van der Waals surface area contributed by atoms with Crippen LogP contribution in [-0.4, -0.2) is 19.6 Å². The lowest BCUT2D eigenvalue weighted by Gasteiger charge is -2.03. The van der Waals surface area contributed by atoms with Crippen LogP contribution in [0.3, 0.4) is 0 Å². The molecule has 0 saturated heterocycles. The largest absolute Gasteiger partial charge is 0.506 e. The molecule has 76 valence electrons. The number of aromatic nitrogens is 3. The molecular formula is C9H7N3O3. The van der Waals surface area contributed by atoms with Crippen LogP contribution in [0.4, 0.5) is 0 Å². The number of H-pyrrole nitrogens is 1. The molecule has 2 N–H and O–H groups in total. The third-order valence-corrected chi connectivity index (χ3v) is 1.81. The van der Waals surface area contributed by atoms with E-state index in [1.54, 1.807) is 0 Å². The van der Waals surface area contributed by atoms with Crippen LogP contribution >= 0.6 is 0 Å². The topological polar surface area (TPSA) is 88.0 Å². The minimum absolute atomic E-state index is 0.0504. The molecule has 0 atom stereocenters. The Bertz CT molecular complexity index is 600. The molecule has 0 amide bonds. The third-order valence-electron chi connectivity index (χ3n) is 1.81. The van der Waals surface area contributed by atoms with Gasteiger partial charge in [-0.25, -0.2) is 4.79 Å². The van der Waals surface area contributed by atoms with Crippen molar-refractivity contribution < 1.29 is 5.11 Å². The molecule has 0 aliphatic heterocycles. The highest BCUT2D eigenvalue weighted by atomic mass is 16.3. The molecular weight excluding hydrogens is 198 g/mol. The van der Waals surface area contributed by atoms with Gasteiger partial charge in [-0.2, -0.15) is 0 Å². The first-order valence-electron chi connectivity index (χ1n) is 4.13. The van der Waals surface area contributed by atoms with E-state index in [1.165, 1.54) is 35.3 Å². The van der Waals surface area contributed by atoms with Crippen LogP contribution in [0, 0.1) is 0 Å². The van der Waals surface area contributed by atoms with Crippen LogP contribution in [0.5, 0.6) is 5.75 Å². The number of aromatic hydroxyl groups is 1. The zero-order valence-corrected chi connectivity index (χ0v) is 7.54. The van der Waals surface area contributed by atoms with Gasteiger partial charge in [0.25, 0.3) is 5.56 Å². The molecule has 2 aromatic rings. The highest BCUT2D eigenvalue weighted by Crippen LogP contribution is 2.10. The Morgan fingerprint density at radius 3 is 2.80 bits per heavy atom. The van der Waals surface area contributed by atoms with Crippen molar-refractivity contribution in [3.63, 3.8) is 0 Å². The van der Waals surface area contributed by atoms with Crippen molar-refractivity contribution in [3.8, 4) is 11.4 Å². The second kappa shape index (κ2) is 3.41. The van der Waals surface area contributed by atoms with Gasteiger partial charge in [0.1, 0.15) is 5.75 Å². The van der Waals surface area contributed by atoms with Gasteiger partial charge in [-0.1, -0.05) is 0 Å². The van der Waals surface area contributed by atoms with Gasteiger partial charge < -0.3 is 5.11 Å². The summed E-state index contributed by atoms with van der Waals surface area (Å²) in [5.74, 6) is -0.0504. The van der Waals surface area contributed by atoms with Gasteiger partial charge >= 0.3 is 5.69 Å². The van der Waals surface area contributed by atoms with Gasteiger partial charge in [0.05, 0.1) is 18.1 Å². The van der Waals surface area contributed by atoms with Crippen molar-refractivity contribution in [2.24, 2.45) is 0 Å². The van der Waals surface area contributed by atoms with E-state index in [-0.39, 0.29) is 5.75 Å². The van der Waals surface area contributed by atoms with Crippen LogP contribution in [0.1, 0.15) is 0 Å². The lowest BCUT2D eigenvalue weighted by atomic mass is 10.4. The molecule has 0 aromatic carbocycles. The molecule has 0 unspecified atom stereocenters. The van der Waals surface area contributed by atoms with Crippen molar-refractivity contribution in [2.45, 2.75) is 0 Å². The van der Waals surface area contributed by atoms with E-state index >= 15 is 0 Å². The SMILES string of the molecule is O=c1ccn(-c2cncc(O)c2)c(=O)[nH]1. The summed E-state index contributed by atoms with van der Waals surface area (Å²) < 4.78 is 1.17. The highest BCUT2D eigenvalue weighted by molar-refractivity contribution is 5.34. The minimum Gasteiger partial charge on any atom is -0.506 e. The van der Waals surface area contributed by atoms with Crippen LogP contribution in [0.25, 0.3) is 5.69 Å². The Morgan fingerprint density at radius 2 is 2.13 bits per heavy atom. The van der Waals surface area contributed by atoms with Gasteiger partial charge in [0.2, 0.25) is 0 Å². The fraction of sp³-hybridized carbons (Fsp3) is 0. The molecule has 0 spiro atoms. The molecule has 2 aromatic heterocycles. The maximum atomic E-state index is 11.3. The number of pyridine rings is 1. The lowest BCUT2D eigenvalue weighted by molar-refractivity contribution is 0.472. The summed E-state index contributed by atoms with van der Waals surface area (Å²) >= 11 is 0. The fourth-order valence-corrected chi connectivity index (χ4v) is 1.17. The second-order valence-electron chi connectivity index (χ2n) is 2.88. The molecule has 0 radical (unpaired) electrons. The van der Waals surface area contributed by atoms with Crippen molar-refractivity contribution in [3.05, 3.63) is 51.6 Å². The summed E-state index contributed by atoms with van der Waals surface area (Å²) in [6, 6.07) is 2.58. The molecule has 6 heteroatoms. The molecule has 0 fully saturated rings. The molecule has 0 bridgehead atoms.